The Labute approximate surface area is 94.9 Å². The van der Waals surface area contributed by atoms with Crippen LogP contribution in [0.25, 0.3) is 0 Å². The third-order valence-corrected chi connectivity index (χ3v) is 2.30. The van der Waals surface area contributed by atoms with E-state index in [2.05, 4.69) is 0 Å². The lowest BCUT2D eigenvalue weighted by Crippen LogP contribution is -2.09. The van der Waals surface area contributed by atoms with Crippen LogP contribution < -0.4 is 0 Å². The summed E-state index contributed by atoms with van der Waals surface area (Å²) in [6, 6.07) is 2.08. The van der Waals surface area contributed by atoms with Crippen LogP contribution in [0.5, 0.6) is 0 Å². The molecule has 0 aromatic heterocycles. The molecule has 0 unspecified atom stereocenters. The van der Waals surface area contributed by atoms with Crippen molar-refractivity contribution in [1.29, 1.82) is 0 Å². The fourth-order valence-corrected chi connectivity index (χ4v) is 1.44. The van der Waals surface area contributed by atoms with Crippen LogP contribution >= 0.6 is 0 Å². The van der Waals surface area contributed by atoms with E-state index in [1.54, 1.807) is 0 Å². The number of carboxylic acid groups (broad SMARTS) is 1. The predicted molar refractivity (Wildman–Crippen MR) is 52.1 cm³/mol. The van der Waals surface area contributed by atoms with Gasteiger partial charge in [-0.1, -0.05) is 6.92 Å². The molecule has 1 aromatic carbocycles. The summed E-state index contributed by atoms with van der Waals surface area (Å²) in [5.74, 6) is -2.84. The zero-order chi connectivity index (χ0) is 13.2. The van der Waals surface area contributed by atoms with Crippen LogP contribution in [0.3, 0.4) is 0 Å². The largest absolute Gasteiger partial charge is 0.481 e. The van der Waals surface area contributed by atoms with Gasteiger partial charge in [-0.2, -0.15) is 13.2 Å². The minimum atomic E-state index is -4.64. The van der Waals surface area contributed by atoms with Gasteiger partial charge < -0.3 is 5.11 Å². The fraction of sp³-hybridized carbons (Fsp3) is 0.364. The second-order valence-electron chi connectivity index (χ2n) is 3.77. The molecule has 2 nitrogen and oxygen atoms in total. The van der Waals surface area contributed by atoms with Crippen LogP contribution in [-0.4, -0.2) is 11.1 Å². The molecule has 1 aromatic rings. The average Bonchev–Trinajstić information content (AvgIpc) is 2.14. The van der Waals surface area contributed by atoms with Crippen molar-refractivity contribution in [3.63, 3.8) is 0 Å². The highest BCUT2D eigenvalue weighted by molar-refractivity contribution is 5.68. The second kappa shape index (κ2) is 4.73. The van der Waals surface area contributed by atoms with Crippen molar-refractivity contribution in [1.82, 2.24) is 0 Å². The van der Waals surface area contributed by atoms with Gasteiger partial charge in [-0.25, -0.2) is 4.39 Å². The number of rotatable bonds is 3. The third-order valence-electron chi connectivity index (χ3n) is 2.30. The normalized spacial score (nSPS) is 13.5. The number of benzene rings is 1. The Kier molecular flexibility index (Phi) is 3.75. The number of carboxylic acids is 1. The molecule has 0 aliphatic carbocycles. The summed E-state index contributed by atoms with van der Waals surface area (Å²) in [4.78, 5) is 10.4. The van der Waals surface area contributed by atoms with Gasteiger partial charge in [0.25, 0.3) is 0 Å². The molecule has 6 heteroatoms. The van der Waals surface area contributed by atoms with Gasteiger partial charge in [-0.05, 0) is 29.7 Å². The van der Waals surface area contributed by atoms with Crippen LogP contribution in [0.1, 0.15) is 30.4 Å². The van der Waals surface area contributed by atoms with E-state index in [4.69, 9.17) is 5.11 Å². The van der Waals surface area contributed by atoms with Crippen molar-refractivity contribution < 1.29 is 27.5 Å². The molecule has 0 saturated heterocycles. The van der Waals surface area contributed by atoms with E-state index in [9.17, 15) is 22.4 Å². The highest BCUT2D eigenvalue weighted by atomic mass is 19.4. The molecule has 0 fully saturated rings. The highest BCUT2D eigenvalue weighted by Gasteiger charge is 2.31. The van der Waals surface area contributed by atoms with Crippen molar-refractivity contribution >= 4 is 5.97 Å². The van der Waals surface area contributed by atoms with Crippen molar-refractivity contribution in [2.45, 2.75) is 25.4 Å². The maximum Gasteiger partial charge on any atom is 0.416 e. The number of alkyl halides is 3. The number of hydrogen-bond donors (Lipinski definition) is 1. The molecule has 0 spiro atoms. The van der Waals surface area contributed by atoms with E-state index < -0.39 is 29.4 Å². The Morgan fingerprint density at radius 1 is 1.35 bits per heavy atom. The average molecular weight is 250 g/mol. The zero-order valence-electron chi connectivity index (χ0n) is 8.88. The van der Waals surface area contributed by atoms with Crippen LogP contribution in [0.2, 0.25) is 0 Å². The summed E-state index contributed by atoms with van der Waals surface area (Å²) in [7, 11) is 0. The molecule has 0 aliphatic rings. The standard InChI is InChI=1S/C11H10F4O2/c1-6(2-10(16)17)7-3-8(11(13,14)15)5-9(12)4-7/h3-6H,2H2,1H3,(H,16,17)/t6-/m0/s1. The molecule has 1 N–H and O–H groups in total. The monoisotopic (exact) mass is 250 g/mol. The Morgan fingerprint density at radius 3 is 2.41 bits per heavy atom. The molecule has 1 atom stereocenters. The van der Waals surface area contributed by atoms with Gasteiger partial charge in [0.1, 0.15) is 5.82 Å². The lowest BCUT2D eigenvalue weighted by atomic mass is 9.96. The topological polar surface area (TPSA) is 37.3 Å². The van der Waals surface area contributed by atoms with Crippen molar-refractivity contribution in [2.75, 3.05) is 0 Å². The van der Waals surface area contributed by atoms with Gasteiger partial charge in [0, 0.05) is 0 Å². The van der Waals surface area contributed by atoms with Gasteiger partial charge in [0.2, 0.25) is 0 Å². The molecule has 0 radical (unpaired) electrons. The maximum absolute atomic E-state index is 13.0. The van der Waals surface area contributed by atoms with Crippen LogP contribution in [-0.2, 0) is 11.0 Å². The van der Waals surface area contributed by atoms with Crippen LogP contribution in [0, 0.1) is 5.82 Å². The van der Waals surface area contributed by atoms with Gasteiger partial charge in [-0.3, -0.25) is 4.79 Å². The second-order valence-corrected chi connectivity index (χ2v) is 3.77. The number of hydrogen-bond acceptors (Lipinski definition) is 1. The first-order valence-corrected chi connectivity index (χ1v) is 4.79. The fourth-order valence-electron chi connectivity index (χ4n) is 1.44. The van der Waals surface area contributed by atoms with E-state index in [1.165, 1.54) is 6.92 Å². The van der Waals surface area contributed by atoms with Crippen molar-refractivity contribution in [3.8, 4) is 0 Å². The quantitative estimate of drug-likeness (QED) is 0.834. The Hall–Kier alpha value is -1.59. The third kappa shape index (κ3) is 3.72. The van der Waals surface area contributed by atoms with Gasteiger partial charge in [0.05, 0.1) is 12.0 Å². The molecule has 0 aliphatic heterocycles. The number of aliphatic carboxylic acids is 1. The summed E-state index contributed by atoms with van der Waals surface area (Å²) in [6.07, 6.45) is -4.99. The Morgan fingerprint density at radius 2 is 1.94 bits per heavy atom. The molecule has 0 bridgehead atoms. The van der Waals surface area contributed by atoms with Gasteiger partial charge in [-0.15, -0.1) is 0 Å². The molecule has 1 rings (SSSR count). The molecule has 0 amide bonds. The molecule has 94 valence electrons. The van der Waals surface area contributed by atoms with Crippen molar-refractivity contribution in [2.24, 2.45) is 0 Å². The molecule has 0 saturated carbocycles. The van der Waals surface area contributed by atoms with E-state index in [1.807, 2.05) is 0 Å². The molecule has 0 heterocycles. The maximum atomic E-state index is 13.0. The van der Waals surface area contributed by atoms with E-state index in [0.29, 0.717) is 6.07 Å². The summed E-state index contributed by atoms with van der Waals surface area (Å²) in [5, 5.41) is 8.53. The minimum Gasteiger partial charge on any atom is -0.481 e. The first kappa shape index (κ1) is 13.5. The van der Waals surface area contributed by atoms with Gasteiger partial charge in [0.15, 0.2) is 0 Å². The van der Waals surface area contributed by atoms with Crippen molar-refractivity contribution in [3.05, 3.63) is 35.1 Å². The zero-order valence-corrected chi connectivity index (χ0v) is 8.88. The molecular formula is C11H10F4O2. The smallest absolute Gasteiger partial charge is 0.416 e. The molecular weight excluding hydrogens is 240 g/mol. The lowest BCUT2D eigenvalue weighted by molar-refractivity contribution is -0.138. The van der Waals surface area contributed by atoms with E-state index in [0.717, 1.165) is 12.1 Å². The van der Waals surface area contributed by atoms with E-state index >= 15 is 0 Å². The van der Waals surface area contributed by atoms with Gasteiger partial charge >= 0.3 is 12.1 Å². The van der Waals surface area contributed by atoms with Crippen LogP contribution in [0.15, 0.2) is 18.2 Å². The summed E-state index contributed by atoms with van der Waals surface area (Å²) in [6.45, 7) is 1.43. The summed E-state index contributed by atoms with van der Waals surface area (Å²) >= 11 is 0. The molecule has 17 heavy (non-hydrogen) atoms. The Bertz CT molecular complexity index is 426. The number of halogens is 4. The van der Waals surface area contributed by atoms with Crippen LogP contribution in [0.4, 0.5) is 17.6 Å². The number of carbonyl (C=O) groups is 1. The summed E-state index contributed by atoms with van der Waals surface area (Å²) < 4.78 is 50.2. The summed E-state index contributed by atoms with van der Waals surface area (Å²) in [5.41, 5.74) is -1.08. The minimum absolute atomic E-state index is 0.0275. The first-order valence-electron chi connectivity index (χ1n) is 4.79. The SMILES string of the molecule is C[C@@H](CC(=O)O)c1cc(F)cc(C(F)(F)F)c1. The lowest BCUT2D eigenvalue weighted by Gasteiger charge is -2.13. The first-order chi connectivity index (χ1) is 7.70. The predicted octanol–water partition coefficient (Wildman–Crippen LogP) is 3.42. The van der Waals surface area contributed by atoms with E-state index in [-0.39, 0.29) is 12.0 Å². The Balaban J connectivity index is 3.09. The highest BCUT2D eigenvalue weighted by Crippen LogP contribution is 2.32.